The largest absolute Gasteiger partial charge is 0.444 e. The van der Waals surface area contributed by atoms with Gasteiger partial charge in [-0.05, 0) is 18.9 Å². The number of pyridine rings is 1. The van der Waals surface area contributed by atoms with Crippen LogP contribution in [0.25, 0.3) is 0 Å². The summed E-state index contributed by atoms with van der Waals surface area (Å²) in [7, 11) is 0. The third kappa shape index (κ3) is 4.11. The van der Waals surface area contributed by atoms with E-state index in [1.807, 2.05) is 6.07 Å². The number of halogens is 2. The van der Waals surface area contributed by atoms with Gasteiger partial charge in [-0.25, -0.2) is 9.78 Å². The summed E-state index contributed by atoms with van der Waals surface area (Å²) in [4.78, 5) is 30.9. The summed E-state index contributed by atoms with van der Waals surface area (Å²) in [6.07, 6.45) is 2.19. The van der Waals surface area contributed by atoms with Gasteiger partial charge < -0.3 is 9.64 Å². The van der Waals surface area contributed by atoms with Gasteiger partial charge in [0.05, 0.1) is 10.6 Å². The minimum Gasteiger partial charge on any atom is -0.444 e. The summed E-state index contributed by atoms with van der Waals surface area (Å²) in [5, 5.41) is 0.254. The van der Waals surface area contributed by atoms with Gasteiger partial charge in [-0.2, -0.15) is 0 Å². The Balaban J connectivity index is 1.85. The van der Waals surface area contributed by atoms with Gasteiger partial charge in [0.25, 0.3) is 5.91 Å². The first kappa shape index (κ1) is 17.7. The second-order valence-corrected chi connectivity index (χ2v) is 6.49. The van der Waals surface area contributed by atoms with E-state index >= 15 is 0 Å². The van der Waals surface area contributed by atoms with Gasteiger partial charge in [0, 0.05) is 24.8 Å². The van der Waals surface area contributed by atoms with Gasteiger partial charge in [0.2, 0.25) is 6.10 Å². The number of hydrogen-bond acceptors (Lipinski definition) is 4. The van der Waals surface area contributed by atoms with E-state index in [-0.39, 0.29) is 21.6 Å². The van der Waals surface area contributed by atoms with Gasteiger partial charge in [0.15, 0.2) is 0 Å². The van der Waals surface area contributed by atoms with Gasteiger partial charge in [0.1, 0.15) is 5.15 Å². The molecular weight excluding hydrogens is 363 g/mol. The van der Waals surface area contributed by atoms with Crippen molar-refractivity contribution in [3.63, 3.8) is 0 Å². The number of ether oxygens (including phenoxy) is 1. The van der Waals surface area contributed by atoms with E-state index in [2.05, 4.69) is 4.98 Å². The highest BCUT2D eigenvalue weighted by molar-refractivity contribution is 6.41. The van der Waals surface area contributed by atoms with Gasteiger partial charge in [-0.1, -0.05) is 53.5 Å². The van der Waals surface area contributed by atoms with Crippen LogP contribution >= 0.6 is 23.2 Å². The number of aromatic nitrogens is 1. The molecule has 2 heterocycles. The topological polar surface area (TPSA) is 59.5 Å². The highest BCUT2D eigenvalue weighted by atomic mass is 35.5. The van der Waals surface area contributed by atoms with Crippen LogP contribution in [-0.4, -0.2) is 34.8 Å². The fourth-order valence-corrected chi connectivity index (χ4v) is 2.97. The molecule has 1 fully saturated rings. The van der Waals surface area contributed by atoms with E-state index in [0.29, 0.717) is 18.7 Å². The predicted octanol–water partition coefficient (Wildman–Crippen LogP) is 3.91. The summed E-state index contributed by atoms with van der Waals surface area (Å²) in [5.41, 5.74) is 0.769. The summed E-state index contributed by atoms with van der Waals surface area (Å²) in [5.74, 6) is -0.891. The zero-order valence-corrected chi connectivity index (χ0v) is 14.8. The third-order valence-corrected chi connectivity index (χ3v) is 4.69. The molecule has 0 unspecified atom stereocenters. The average molecular weight is 379 g/mol. The lowest BCUT2D eigenvalue weighted by atomic mass is 10.1. The molecule has 1 aromatic carbocycles. The molecule has 0 saturated carbocycles. The number of nitrogens with zero attached hydrogens (tertiary/aromatic N) is 2. The molecule has 1 aliphatic rings. The second kappa shape index (κ2) is 7.85. The van der Waals surface area contributed by atoms with Crippen molar-refractivity contribution in [3.05, 3.63) is 63.9 Å². The van der Waals surface area contributed by atoms with Crippen molar-refractivity contribution in [1.29, 1.82) is 0 Å². The van der Waals surface area contributed by atoms with Crippen LogP contribution in [0.5, 0.6) is 0 Å². The fraction of sp³-hybridized carbons (Fsp3) is 0.278. The third-order valence-electron chi connectivity index (χ3n) is 4.00. The molecule has 1 aliphatic heterocycles. The number of esters is 1. The Labute approximate surface area is 155 Å². The number of benzene rings is 1. The average Bonchev–Trinajstić information content (AvgIpc) is 3.16. The second-order valence-electron chi connectivity index (χ2n) is 5.73. The number of carbonyl (C=O) groups is 2. The SMILES string of the molecule is O=C(O[C@H](C(=O)N1CCCC1)c1ccccc1)c1cnc(Cl)c(Cl)c1. The van der Waals surface area contributed by atoms with E-state index in [1.54, 1.807) is 29.2 Å². The molecule has 1 saturated heterocycles. The Morgan fingerprint density at radius 2 is 1.80 bits per heavy atom. The highest BCUT2D eigenvalue weighted by Crippen LogP contribution is 2.25. The van der Waals surface area contributed by atoms with Crippen LogP contribution in [0.1, 0.15) is 34.9 Å². The minimum atomic E-state index is -0.999. The van der Waals surface area contributed by atoms with Crippen LogP contribution in [-0.2, 0) is 9.53 Å². The van der Waals surface area contributed by atoms with Crippen LogP contribution in [0, 0.1) is 0 Å². The number of amides is 1. The van der Waals surface area contributed by atoms with Crippen molar-refractivity contribution in [2.75, 3.05) is 13.1 Å². The van der Waals surface area contributed by atoms with E-state index in [0.717, 1.165) is 12.8 Å². The molecule has 1 amide bonds. The first-order valence-electron chi connectivity index (χ1n) is 7.92. The fourth-order valence-electron chi connectivity index (χ4n) is 2.70. The molecular formula is C18H16Cl2N2O3. The maximum atomic E-state index is 12.8. The van der Waals surface area contributed by atoms with Crippen molar-refractivity contribution in [2.45, 2.75) is 18.9 Å². The molecule has 0 spiro atoms. The summed E-state index contributed by atoms with van der Waals surface area (Å²) in [6.45, 7) is 1.35. The quantitative estimate of drug-likeness (QED) is 0.597. The molecule has 0 N–H and O–H groups in total. The zero-order valence-electron chi connectivity index (χ0n) is 13.3. The molecule has 0 bridgehead atoms. The molecule has 130 valence electrons. The lowest BCUT2D eigenvalue weighted by Gasteiger charge is -2.23. The lowest BCUT2D eigenvalue weighted by Crippen LogP contribution is -2.34. The summed E-state index contributed by atoms with van der Waals surface area (Å²) in [6, 6.07) is 10.3. The molecule has 0 aliphatic carbocycles. The Morgan fingerprint density at radius 3 is 2.44 bits per heavy atom. The Morgan fingerprint density at radius 1 is 1.12 bits per heavy atom. The minimum absolute atomic E-state index is 0.103. The predicted molar refractivity (Wildman–Crippen MR) is 94.7 cm³/mol. The maximum absolute atomic E-state index is 12.8. The van der Waals surface area contributed by atoms with Gasteiger partial charge in [-0.15, -0.1) is 0 Å². The van der Waals surface area contributed by atoms with E-state index in [4.69, 9.17) is 27.9 Å². The highest BCUT2D eigenvalue weighted by Gasteiger charge is 2.31. The number of rotatable bonds is 4. The molecule has 5 nitrogen and oxygen atoms in total. The van der Waals surface area contributed by atoms with Crippen LogP contribution < -0.4 is 0 Å². The van der Waals surface area contributed by atoms with Crippen molar-refractivity contribution >= 4 is 35.1 Å². The van der Waals surface area contributed by atoms with Gasteiger partial charge in [-0.3, -0.25) is 4.79 Å². The monoisotopic (exact) mass is 378 g/mol. The van der Waals surface area contributed by atoms with Crippen LogP contribution in [0.2, 0.25) is 10.2 Å². The molecule has 7 heteroatoms. The van der Waals surface area contributed by atoms with E-state index in [1.165, 1.54) is 12.3 Å². The number of carbonyl (C=O) groups excluding carboxylic acids is 2. The summed E-state index contributed by atoms with van der Waals surface area (Å²) >= 11 is 11.7. The molecule has 25 heavy (non-hydrogen) atoms. The van der Waals surface area contributed by atoms with E-state index < -0.39 is 12.1 Å². The standard InChI is InChI=1S/C18H16Cl2N2O3/c19-14-10-13(11-21-16(14)20)18(24)25-15(12-6-2-1-3-7-12)17(23)22-8-4-5-9-22/h1-3,6-7,10-11,15H,4-5,8-9H2/t15-/m0/s1. The van der Waals surface area contributed by atoms with Crippen molar-refractivity contribution in [1.82, 2.24) is 9.88 Å². The number of likely N-dealkylation sites (tertiary alicyclic amines) is 1. The zero-order chi connectivity index (χ0) is 17.8. The Hall–Kier alpha value is -2.11. The number of hydrogen-bond donors (Lipinski definition) is 0. The molecule has 0 radical (unpaired) electrons. The smallest absolute Gasteiger partial charge is 0.340 e. The van der Waals surface area contributed by atoms with Crippen molar-refractivity contribution in [3.8, 4) is 0 Å². The van der Waals surface area contributed by atoms with E-state index in [9.17, 15) is 9.59 Å². The maximum Gasteiger partial charge on any atom is 0.340 e. The summed E-state index contributed by atoms with van der Waals surface area (Å²) < 4.78 is 5.52. The first-order valence-corrected chi connectivity index (χ1v) is 8.67. The molecule has 1 atom stereocenters. The van der Waals surface area contributed by atoms with Crippen LogP contribution in [0.15, 0.2) is 42.6 Å². The van der Waals surface area contributed by atoms with Crippen LogP contribution in [0.3, 0.4) is 0 Å². The molecule has 1 aromatic heterocycles. The molecule has 3 rings (SSSR count). The Kier molecular flexibility index (Phi) is 5.56. The van der Waals surface area contributed by atoms with Gasteiger partial charge >= 0.3 is 5.97 Å². The van der Waals surface area contributed by atoms with Crippen molar-refractivity contribution in [2.24, 2.45) is 0 Å². The normalized spacial score (nSPS) is 15.0. The first-order chi connectivity index (χ1) is 12.1. The lowest BCUT2D eigenvalue weighted by molar-refractivity contribution is -0.140. The van der Waals surface area contributed by atoms with Crippen molar-refractivity contribution < 1.29 is 14.3 Å². The molecule has 2 aromatic rings. The van der Waals surface area contributed by atoms with Crippen LogP contribution in [0.4, 0.5) is 0 Å². The Bertz CT molecular complexity index is 777.